The van der Waals surface area contributed by atoms with E-state index in [2.05, 4.69) is 74.7 Å². The van der Waals surface area contributed by atoms with Gasteiger partial charge in [0.15, 0.2) is 12.4 Å². The molecule has 1 rings (SSSR count). The van der Waals surface area contributed by atoms with Crippen molar-refractivity contribution in [1.82, 2.24) is 5.32 Å². The van der Waals surface area contributed by atoms with Crippen molar-refractivity contribution in [2.75, 3.05) is 13.2 Å². The molecular formula is C60H105NO10. The molecule has 1 aliphatic heterocycles. The fraction of sp³-hybridized carbons (Fsp3) is 0.767. The van der Waals surface area contributed by atoms with Crippen LogP contribution in [0.3, 0.4) is 0 Å². The molecule has 0 radical (unpaired) electrons. The molecule has 1 heterocycles. The van der Waals surface area contributed by atoms with Crippen molar-refractivity contribution in [3.05, 3.63) is 72.9 Å². The number of unbranched alkanes of at least 4 members (excludes halogenated alkanes) is 25. The Morgan fingerprint density at radius 3 is 1.65 bits per heavy atom. The molecule has 0 aromatic carbocycles. The van der Waals surface area contributed by atoms with Gasteiger partial charge in [-0.25, -0.2) is 0 Å². The second-order valence-electron chi connectivity index (χ2n) is 19.7. The maximum Gasteiger partial charge on any atom is 0.306 e. The van der Waals surface area contributed by atoms with Gasteiger partial charge in [-0.3, -0.25) is 9.59 Å². The molecular weight excluding hydrogens is 895 g/mol. The average Bonchev–Trinajstić information content (AvgIpc) is 3.37. The highest BCUT2D eigenvalue weighted by molar-refractivity contribution is 5.80. The van der Waals surface area contributed by atoms with Crippen LogP contribution in [0.15, 0.2) is 72.9 Å². The number of nitrogens with one attached hydrogen (secondary N) is 1. The minimum Gasteiger partial charge on any atom is -0.454 e. The van der Waals surface area contributed by atoms with Crippen LogP contribution < -0.4 is 5.32 Å². The molecule has 11 heteroatoms. The lowest BCUT2D eigenvalue weighted by Gasteiger charge is -2.41. The van der Waals surface area contributed by atoms with Gasteiger partial charge in [0, 0.05) is 6.42 Å². The van der Waals surface area contributed by atoms with E-state index in [1.165, 1.54) is 83.5 Å². The molecule has 0 aliphatic carbocycles. The van der Waals surface area contributed by atoms with Gasteiger partial charge in [-0.15, -0.1) is 0 Å². The van der Waals surface area contributed by atoms with Crippen LogP contribution in [0, 0.1) is 0 Å². The average molecular weight is 1000 g/mol. The molecule has 1 amide bonds. The van der Waals surface area contributed by atoms with Gasteiger partial charge in [0.1, 0.15) is 24.4 Å². The summed E-state index contributed by atoms with van der Waals surface area (Å²) in [6, 6.07) is -1.03. The van der Waals surface area contributed by atoms with Crippen molar-refractivity contribution in [3.63, 3.8) is 0 Å². The number of esters is 1. The Hall–Kier alpha value is -2.90. The van der Waals surface area contributed by atoms with Crippen molar-refractivity contribution < 1.29 is 49.3 Å². The van der Waals surface area contributed by atoms with Crippen molar-refractivity contribution in [2.24, 2.45) is 0 Å². The number of hydrogen-bond acceptors (Lipinski definition) is 10. The first-order valence-corrected chi connectivity index (χ1v) is 28.7. The van der Waals surface area contributed by atoms with Crippen LogP contribution in [0.2, 0.25) is 0 Å². The van der Waals surface area contributed by atoms with Gasteiger partial charge < -0.3 is 45.1 Å². The lowest BCUT2D eigenvalue weighted by Crippen LogP contribution is -2.61. The van der Waals surface area contributed by atoms with E-state index >= 15 is 0 Å². The molecule has 0 aromatic rings. The molecule has 0 spiro atoms. The highest BCUT2D eigenvalue weighted by atomic mass is 16.7. The van der Waals surface area contributed by atoms with E-state index in [9.17, 15) is 35.1 Å². The van der Waals surface area contributed by atoms with Crippen LogP contribution in [0.1, 0.15) is 233 Å². The van der Waals surface area contributed by atoms with Gasteiger partial charge >= 0.3 is 5.97 Å². The first-order valence-electron chi connectivity index (χ1n) is 28.7. The summed E-state index contributed by atoms with van der Waals surface area (Å²) < 4.78 is 17.6. The Morgan fingerprint density at radius 1 is 0.577 bits per heavy atom. The SMILES string of the molecule is CC/C=C/C=C/C=C/CCCCCCCCC(O)C(=O)NC(COC1OC(CO)C(O)C(O)C1OC(=O)CCCCCCCCC/C=C\C/C=C\CCCCC)C(O)/C=C/CCCCCCCCCCC. The minimum absolute atomic E-state index is 0.111. The molecule has 0 saturated carbocycles. The number of carbonyl (C=O) groups excluding carboxylic acids is 2. The van der Waals surface area contributed by atoms with Gasteiger partial charge in [-0.05, 0) is 77.0 Å². The van der Waals surface area contributed by atoms with E-state index in [4.69, 9.17) is 14.2 Å². The summed E-state index contributed by atoms with van der Waals surface area (Å²) in [4.78, 5) is 26.4. The third-order valence-electron chi connectivity index (χ3n) is 13.2. The maximum atomic E-state index is 13.4. The molecule has 1 fully saturated rings. The molecule has 6 N–H and O–H groups in total. The highest BCUT2D eigenvalue weighted by Crippen LogP contribution is 2.26. The number of amides is 1. The van der Waals surface area contributed by atoms with E-state index in [-0.39, 0.29) is 19.4 Å². The summed E-state index contributed by atoms with van der Waals surface area (Å²) in [5, 5.41) is 56.8. The highest BCUT2D eigenvalue weighted by Gasteiger charge is 2.47. The number of carbonyl (C=O) groups is 2. The molecule has 8 atom stereocenters. The zero-order valence-corrected chi connectivity index (χ0v) is 45.1. The third-order valence-corrected chi connectivity index (χ3v) is 13.2. The fourth-order valence-corrected chi connectivity index (χ4v) is 8.56. The normalized spacial score (nSPS) is 20.1. The summed E-state index contributed by atoms with van der Waals surface area (Å²) in [6.45, 7) is 5.60. The van der Waals surface area contributed by atoms with Crippen molar-refractivity contribution in [1.29, 1.82) is 0 Å². The third kappa shape index (κ3) is 36.6. The number of allylic oxidation sites excluding steroid dienone is 11. The van der Waals surface area contributed by atoms with Gasteiger partial charge in [0.05, 0.1) is 25.4 Å². The van der Waals surface area contributed by atoms with Crippen LogP contribution in [-0.4, -0.2) is 99.6 Å². The van der Waals surface area contributed by atoms with Crippen molar-refractivity contribution in [3.8, 4) is 0 Å². The molecule has 0 aromatic heterocycles. The topological polar surface area (TPSA) is 175 Å². The first kappa shape index (κ1) is 66.1. The summed E-state index contributed by atoms with van der Waals surface area (Å²) in [7, 11) is 0. The monoisotopic (exact) mass is 1000 g/mol. The maximum absolute atomic E-state index is 13.4. The molecule has 1 saturated heterocycles. The molecule has 11 nitrogen and oxygen atoms in total. The predicted octanol–water partition coefficient (Wildman–Crippen LogP) is 12.8. The Bertz CT molecular complexity index is 1430. The fourth-order valence-electron chi connectivity index (χ4n) is 8.56. The zero-order chi connectivity index (χ0) is 51.8. The molecule has 0 bridgehead atoms. The molecule has 410 valence electrons. The standard InChI is InChI=1S/C60H105NO10/c1-4-7-10-13-16-19-22-24-26-27-28-30-33-36-39-42-45-48-55(65)71-58-57(67)56(66)54(49-62)70-60(58)69-50-51(52(63)46-43-40-37-34-31-21-18-15-12-9-6-3)61-59(68)53(64)47-44-41-38-35-32-29-25-23-20-17-14-11-8-5-2/h8,11,14,16-17,19-20,23-24,26,43,46,51-54,56-58,60,62-64,66-67H,4-7,9-10,12-13,15,18,21-22,25,27-42,44-45,47-50H2,1-3H3,(H,61,68)/b11-8+,17-14+,19-16-,23-20+,26-24-,46-43+. The largest absolute Gasteiger partial charge is 0.454 e. The predicted molar refractivity (Wildman–Crippen MR) is 292 cm³/mol. The summed E-state index contributed by atoms with van der Waals surface area (Å²) >= 11 is 0. The number of ether oxygens (including phenoxy) is 3. The van der Waals surface area contributed by atoms with Gasteiger partial charge in [-0.2, -0.15) is 0 Å². The van der Waals surface area contributed by atoms with Crippen LogP contribution in [0.4, 0.5) is 0 Å². The van der Waals surface area contributed by atoms with Crippen LogP contribution >= 0.6 is 0 Å². The minimum atomic E-state index is -1.62. The van der Waals surface area contributed by atoms with E-state index in [0.29, 0.717) is 12.8 Å². The summed E-state index contributed by atoms with van der Waals surface area (Å²) in [5.41, 5.74) is 0. The lowest BCUT2D eigenvalue weighted by molar-refractivity contribution is -0.305. The van der Waals surface area contributed by atoms with E-state index in [1.807, 2.05) is 18.2 Å². The van der Waals surface area contributed by atoms with Gasteiger partial charge in [0.2, 0.25) is 5.91 Å². The number of rotatable bonds is 47. The Kier molecular flexibility index (Phi) is 44.8. The summed E-state index contributed by atoms with van der Waals surface area (Å²) in [5.74, 6) is -1.22. The zero-order valence-electron chi connectivity index (χ0n) is 45.1. The number of aliphatic hydroxyl groups is 5. The Labute approximate surface area is 432 Å². The van der Waals surface area contributed by atoms with Gasteiger partial charge in [-0.1, -0.05) is 222 Å². The Morgan fingerprint density at radius 2 is 1.07 bits per heavy atom. The molecule has 1 aliphatic rings. The van der Waals surface area contributed by atoms with E-state index in [1.54, 1.807) is 6.08 Å². The van der Waals surface area contributed by atoms with E-state index < -0.39 is 67.4 Å². The number of aliphatic hydroxyl groups excluding tert-OH is 5. The van der Waals surface area contributed by atoms with Crippen LogP contribution in [-0.2, 0) is 23.8 Å². The van der Waals surface area contributed by atoms with Crippen LogP contribution in [0.25, 0.3) is 0 Å². The summed E-state index contributed by atoms with van der Waals surface area (Å²) in [6.07, 6.45) is 49.4. The van der Waals surface area contributed by atoms with Gasteiger partial charge in [0.25, 0.3) is 0 Å². The first-order chi connectivity index (χ1) is 34.7. The molecule has 71 heavy (non-hydrogen) atoms. The second kappa shape index (κ2) is 48.1. The number of hydrogen-bond donors (Lipinski definition) is 6. The van der Waals surface area contributed by atoms with E-state index in [0.717, 1.165) is 103 Å². The second-order valence-corrected chi connectivity index (χ2v) is 19.7. The lowest BCUT2D eigenvalue weighted by atomic mass is 9.99. The van der Waals surface area contributed by atoms with Crippen LogP contribution in [0.5, 0.6) is 0 Å². The quantitative estimate of drug-likeness (QED) is 0.0149. The Balaban J connectivity index is 2.72. The molecule has 8 unspecified atom stereocenters. The van der Waals surface area contributed by atoms with Crippen molar-refractivity contribution in [2.45, 2.75) is 282 Å². The van der Waals surface area contributed by atoms with Crippen molar-refractivity contribution >= 4 is 11.9 Å². The smallest absolute Gasteiger partial charge is 0.306 e.